The van der Waals surface area contributed by atoms with Gasteiger partial charge >= 0.3 is 0 Å². The minimum absolute atomic E-state index is 0.193. The number of ketones is 1. The Kier molecular flexibility index (Phi) is 3.52. The predicted molar refractivity (Wildman–Crippen MR) is 82.6 cm³/mol. The smallest absolute Gasteiger partial charge is 0.155 e. The SMILES string of the molecule is CCN1C[C@]2(CC2C2CCCC2)C[C@H]1C(=O)C(C)(C)C. The lowest BCUT2D eigenvalue weighted by molar-refractivity contribution is -0.130. The van der Waals surface area contributed by atoms with E-state index in [2.05, 4.69) is 32.6 Å². The molecule has 20 heavy (non-hydrogen) atoms. The molecule has 0 bridgehead atoms. The third-order valence-corrected chi connectivity index (χ3v) is 6.23. The highest BCUT2D eigenvalue weighted by Gasteiger charge is 2.63. The first-order valence-electron chi connectivity index (χ1n) is 8.66. The highest BCUT2D eigenvalue weighted by Crippen LogP contribution is 2.65. The van der Waals surface area contributed by atoms with E-state index >= 15 is 0 Å². The molecule has 2 saturated carbocycles. The minimum atomic E-state index is -0.193. The van der Waals surface area contributed by atoms with Crippen LogP contribution in [0.1, 0.15) is 66.2 Å². The lowest BCUT2D eigenvalue weighted by Crippen LogP contribution is -2.41. The quantitative estimate of drug-likeness (QED) is 0.780. The zero-order chi connectivity index (χ0) is 14.5. The summed E-state index contributed by atoms with van der Waals surface area (Å²) >= 11 is 0. The van der Waals surface area contributed by atoms with E-state index in [1.165, 1.54) is 38.6 Å². The van der Waals surface area contributed by atoms with E-state index < -0.39 is 0 Å². The van der Waals surface area contributed by atoms with Gasteiger partial charge in [0, 0.05) is 12.0 Å². The summed E-state index contributed by atoms with van der Waals surface area (Å²) in [5.74, 6) is 2.39. The largest absolute Gasteiger partial charge is 0.297 e. The Labute approximate surface area is 124 Å². The van der Waals surface area contributed by atoms with E-state index in [4.69, 9.17) is 0 Å². The van der Waals surface area contributed by atoms with E-state index in [-0.39, 0.29) is 11.5 Å². The maximum atomic E-state index is 12.7. The molecular formula is C18H31NO. The first kappa shape index (κ1) is 14.6. The van der Waals surface area contributed by atoms with Crippen LogP contribution in [0.3, 0.4) is 0 Å². The fraction of sp³-hybridized carbons (Fsp3) is 0.944. The van der Waals surface area contributed by atoms with Gasteiger partial charge in [-0.2, -0.15) is 0 Å². The van der Waals surface area contributed by atoms with Gasteiger partial charge in [-0.15, -0.1) is 0 Å². The van der Waals surface area contributed by atoms with Gasteiger partial charge in [0.15, 0.2) is 5.78 Å². The molecule has 1 aliphatic heterocycles. The molecule has 1 unspecified atom stereocenters. The molecule has 1 spiro atoms. The molecule has 0 N–H and O–H groups in total. The number of carbonyl (C=O) groups excluding carboxylic acids is 1. The second-order valence-corrected chi connectivity index (χ2v) is 8.61. The molecule has 1 heterocycles. The van der Waals surface area contributed by atoms with Crippen LogP contribution in [0.15, 0.2) is 0 Å². The summed E-state index contributed by atoms with van der Waals surface area (Å²) in [5, 5.41) is 0. The van der Waals surface area contributed by atoms with Crippen LogP contribution in [0.2, 0.25) is 0 Å². The van der Waals surface area contributed by atoms with Crippen molar-refractivity contribution in [3.63, 3.8) is 0 Å². The molecule has 2 heteroatoms. The van der Waals surface area contributed by atoms with Crippen LogP contribution in [-0.2, 0) is 4.79 Å². The average molecular weight is 277 g/mol. The maximum Gasteiger partial charge on any atom is 0.155 e. The normalized spacial score (nSPS) is 38.8. The lowest BCUT2D eigenvalue weighted by atomic mass is 9.83. The van der Waals surface area contributed by atoms with Gasteiger partial charge in [-0.1, -0.05) is 53.4 Å². The first-order valence-corrected chi connectivity index (χ1v) is 8.66. The summed E-state index contributed by atoms with van der Waals surface area (Å²) in [6.45, 7) is 10.7. The first-order chi connectivity index (χ1) is 9.37. The van der Waals surface area contributed by atoms with Crippen LogP contribution >= 0.6 is 0 Å². The summed E-state index contributed by atoms with van der Waals surface area (Å²) < 4.78 is 0. The zero-order valence-electron chi connectivity index (χ0n) is 13.7. The van der Waals surface area contributed by atoms with Crippen molar-refractivity contribution in [1.29, 1.82) is 0 Å². The molecule has 0 amide bonds. The van der Waals surface area contributed by atoms with Crippen molar-refractivity contribution in [2.24, 2.45) is 22.7 Å². The standard InChI is InChI=1S/C18H31NO/c1-5-19-12-18(10-14(18)13-8-6-7-9-13)11-15(19)16(20)17(2,3)4/h13-15H,5-12H2,1-4H3/t14?,15-,18-/m0/s1. The second kappa shape index (κ2) is 4.83. The van der Waals surface area contributed by atoms with Crippen LogP contribution in [0.25, 0.3) is 0 Å². The molecule has 3 fully saturated rings. The Morgan fingerprint density at radius 1 is 1.20 bits per heavy atom. The van der Waals surface area contributed by atoms with Crippen molar-refractivity contribution in [2.75, 3.05) is 13.1 Å². The van der Waals surface area contributed by atoms with Crippen LogP contribution in [0.4, 0.5) is 0 Å². The van der Waals surface area contributed by atoms with Crippen LogP contribution in [0.5, 0.6) is 0 Å². The molecule has 2 aliphatic carbocycles. The molecule has 1 saturated heterocycles. The molecule has 3 atom stereocenters. The Morgan fingerprint density at radius 2 is 1.85 bits per heavy atom. The van der Waals surface area contributed by atoms with Gasteiger partial charge in [0.1, 0.15) is 0 Å². The third kappa shape index (κ3) is 2.34. The Balaban J connectivity index is 1.71. The number of carbonyl (C=O) groups is 1. The minimum Gasteiger partial charge on any atom is -0.297 e. The van der Waals surface area contributed by atoms with Gasteiger partial charge in [0.25, 0.3) is 0 Å². The van der Waals surface area contributed by atoms with Gasteiger partial charge in [-0.25, -0.2) is 0 Å². The van der Waals surface area contributed by atoms with Crippen molar-refractivity contribution in [1.82, 2.24) is 4.90 Å². The van der Waals surface area contributed by atoms with E-state index in [0.29, 0.717) is 11.2 Å². The van der Waals surface area contributed by atoms with E-state index in [0.717, 1.165) is 24.8 Å². The molecule has 0 radical (unpaired) electrons. The highest BCUT2D eigenvalue weighted by atomic mass is 16.1. The summed E-state index contributed by atoms with van der Waals surface area (Å²) in [6, 6.07) is 0.200. The maximum absolute atomic E-state index is 12.7. The number of likely N-dealkylation sites (N-methyl/N-ethyl adjacent to an activating group) is 1. The average Bonchev–Trinajstić information content (AvgIpc) is 2.80. The van der Waals surface area contributed by atoms with E-state index in [9.17, 15) is 4.79 Å². The molecule has 3 rings (SSSR count). The molecule has 0 aromatic carbocycles. The third-order valence-electron chi connectivity index (χ3n) is 6.23. The number of likely N-dealkylation sites (tertiary alicyclic amines) is 1. The highest BCUT2D eigenvalue weighted by molar-refractivity contribution is 5.89. The topological polar surface area (TPSA) is 20.3 Å². The molecule has 3 aliphatic rings. The Morgan fingerprint density at radius 3 is 2.40 bits per heavy atom. The fourth-order valence-corrected chi connectivity index (χ4v) is 5.01. The monoisotopic (exact) mass is 277 g/mol. The van der Waals surface area contributed by atoms with Crippen LogP contribution in [-0.4, -0.2) is 29.8 Å². The van der Waals surface area contributed by atoms with Crippen molar-refractivity contribution in [3.8, 4) is 0 Å². The van der Waals surface area contributed by atoms with Crippen LogP contribution in [0, 0.1) is 22.7 Å². The van der Waals surface area contributed by atoms with E-state index in [1.54, 1.807) is 0 Å². The molecular weight excluding hydrogens is 246 g/mol. The Bertz CT molecular complexity index is 391. The summed E-state index contributed by atoms with van der Waals surface area (Å²) in [7, 11) is 0. The molecule has 0 aromatic heterocycles. The summed E-state index contributed by atoms with van der Waals surface area (Å²) in [6.07, 6.45) is 8.35. The van der Waals surface area contributed by atoms with Crippen LogP contribution < -0.4 is 0 Å². The molecule has 114 valence electrons. The van der Waals surface area contributed by atoms with Crippen molar-refractivity contribution in [3.05, 3.63) is 0 Å². The number of nitrogens with zero attached hydrogens (tertiary/aromatic N) is 1. The summed E-state index contributed by atoms with van der Waals surface area (Å²) in [5.41, 5.74) is 0.331. The number of hydrogen-bond acceptors (Lipinski definition) is 2. The predicted octanol–water partition coefficient (Wildman–Crippen LogP) is 3.89. The second-order valence-electron chi connectivity index (χ2n) is 8.61. The van der Waals surface area contributed by atoms with Gasteiger partial charge in [0.05, 0.1) is 6.04 Å². The summed E-state index contributed by atoms with van der Waals surface area (Å²) in [4.78, 5) is 15.2. The van der Waals surface area contributed by atoms with Crippen molar-refractivity contribution < 1.29 is 4.79 Å². The van der Waals surface area contributed by atoms with Gasteiger partial charge in [-0.05, 0) is 36.6 Å². The lowest BCUT2D eigenvalue weighted by Gasteiger charge is -2.27. The van der Waals surface area contributed by atoms with Crippen molar-refractivity contribution in [2.45, 2.75) is 72.3 Å². The van der Waals surface area contributed by atoms with Crippen molar-refractivity contribution >= 4 is 5.78 Å². The Hall–Kier alpha value is -0.370. The number of rotatable bonds is 3. The fourth-order valence-electron chi connectivity index (χ4n) is 5.01. The molecule has 0 aromatic rings. The number of Topliss-reactive ketones (excluding diaryl/α,β-unsaturated/α-hetero) is 1. The van der Waals surface area contributed by atoms with E-state index in [1.807, 2.05) is 0 Å². The molecule has 2 nitrogen and oxygen atoms in total. The van der Waals surface area contributed by atoms with Gasteiger partial charge < -0.3 is 0 Å². The number of hydrogen-bond donors (Lipinski definition) is 0. The zero-order valence-corrected chi connectivity index (χ0v) is 13.7. The van der Waals surface area contributed by atoms with Gasteiger partial charge in [0.2, 0.25) is 0 Å². The van der Waals surface area contributed by atoms with Gasteiger partial charge in [-0.3, -0.25) is 9.69 Å².